The van der Waals surface area contributed by atoms with E-state index < -0.39 is 0 Å². The number of amides is 2. The summed E-state index contributed by atoms with van der Waals surface area (Å²) in [7, 11) is 0. The lowest BCUT2D eigenvalue weighted by molar-refractivity contribution is -0.137. The number of hydrogen-bond acceptors (Lipinski definition) is 4. The van der Waals surface area contributed by atoms with Gasteiger partial charge in [0.25, 0.3) is 0 Å². The van der Waals surface area contributed by atoms with Crippen LogP contribution in [0, 0.1) is 6.92 Å². The van der Waals surface area contributed by atoms with Gasteiger partial charge in [0.1, 0.15) is 12.2 Å². The summed E-state index contributed by atoms with van der Waals surface area (Å²) in [5, 5.41) is 3.97. The number of nitrogens with zero attached hydrogens (tertiary/aromatic N) is 1. The Morgan fingerprint density at radius 1 is 1.32 bits per heavy atom. The maximum absolute atomic E-state index is 12.8. The molecule has 1 aromatic heterocycles. The van der Waals surface area contributed by atoms with Gasteiger partial charge in [-0.15, -0.1) is 0 Å². The normalized spacial score (nSPS) is 23.9. The number of rotatable bonds is 2. The van der Waals surface area contributed by atoms with Crippen LogP contribution in [0.25, 0.3) is 11.0 Å². The summed E-state index contributed by atoms with van der Waals surface area (Å²) in [6.07, 6.45) is 3.50. The van der Waals surface area contributed by atoms with Crippen LogP contribution in [-0.4, -0.2) is 48.6 Å². The molecule has 2 amide bonds. The molecule has 0 radical (unpaired) electrons. The topological polar surface area (TPSA) is 71.8 Å². The van der Waals surface area contributed by atoms with Crippen molar-refractivity contribution in [3.05, 3.63) is 35.6 Å². The Morgan fingerprint density at radius 3 is 3.04 bits per heavy atom. The number of hydrogen-bond donors (Lipinski definition) is 1. The molecule has 0 aliphatic carbocycles. The predicted octanol–water partition coefficient (Wildman–Crippen LogP) is 1.79. The molecule has 0 saturated carbocycles. The predicted molar refractivity (Wildman–Crippen MR) is 92.1 cm³/mol. The summed E-state index contributed by atoms with van der Waals surface area (Å²) < 4.78 is 11.2. The van der Waals surface area contributed by atoms with Crippen LogP contribution < -0.4 is 5.32 Å². The number of carbonyl (C=O) groups excluding carboxylic acids is 2. The van der Waals surface area contributed by atoms with E-state index in [0.29, 0.717) is 19.5 Å². The third-order valence-electron chi connectivity index (χ3n) is 5.12. The zero-order valence-corrected chi connectivity index (χ0v) is 14.3. The highest BCUT2D eigenvalue weighted by Crippen LogP contribution is 2.24. The molecule has 2 aromatic rings. The first-order chi connectivity index (χ1) is 12.1. The first-order valence-corrected chi connectivity index (χ1v) is 8.75. The number of nitrogens with one attached hydrogen (secondary N) is 1. The van der Waals surface area contributed by atoms with Gasteiger partial charge in [0.15, 0.2) is 0 Å². The molecule has 4 rings (SSSR count). The molecule has 25 heavy (non-hydrogen) atoms. The molecule has 2 fully saturated rings. The number of morpholine rings is 1. The minimum atomic E-state index is -0.0683. The van der Waals surface area contributed by atoms with E-state index >= 15 is 0 Å². The molecule has 3 heterocycles. The van der Waals surface area contributed by atoms with Crippen molar-refractivity contribution in [1.82, 2.24) is 10.2 Å². The Balaban J connectivity index is 1.44. The molecule has 2 aliphatic rings. The molecule has 6 heteroatoms. The molecule has 132 valence electrons. The van der Waals surface area contributed by atoms with Gasteiger partial charge in [-0.05, 0) is 31.4 Å². The number of aryl methyl sites for hydroxylation is 1. The van der Waals surface area contributed by atoms with Crippen LogP contribution in [0.15, 0.2) is 28.9 Å². The average molecular weight is 342 g/mol. The molecular weight excluding hydrogens is 320 g/mol. The first kappa shape index (κ1) is 16.1. The molecule has 1 aromatic carbocycles. The number of ether oxygens (including phenoxy) is 1. The van der Waals surface area contributed by atoms with Crippen LogP contribution in [0.2, 0.25) is 0 Å². The molecule has 0 bridgehead atoms. The van der Waals surface area contributed by atoms with Gasteiger partial charge in [0.2, 0.25) is 11.8 Å². The highest BCUT2D eigenvalue weighted by Gasteiger charge is 2.33. The number of carbonyl (C=O) groups is 2. The van der Waals surface area contributed by atoms with Gasteiger partial charge in [-0.1, -0.05) is 12.1 Å². The van der Waals surface area contributed by atoms with Gasteiger partial charge in [0, 0.05) is 24.0 Å². The van der Waals surface area contributed by atoms with Crippen LogP contribution in [0.1, 0.15) is 24.0 Å². The summed E-state index contributed by atoms with van der Waals surface area (Å²) in [4.78, 5) is 26.1. The third kappa shape index (κ3) is 3.26. The monoisotopic (exact) mass is 342 g/mol. The Labute approximate surface area is 146 Å². The summed E-state index contributed by atoms with van der Waals surface area (Å²) in [6, 6.07) is 6.04. The Hall–Kier alpha value is -2.34. The highest BCUT2D eigenvalue weighted by atomic mass is 16.5. The summed E-state index contributed by atoms with van der Waals surface area (Å²) in [6.45, 7) is 3.43. The third-order valence-corrected chi connectivity index (χ3v) is 5.12. The standard InChI is InChI=1S/C19H22N2O4/c1-12-2-3-14-13(10-24-17(14)8-12)9-19(23)21-6-4-15-16(5-7-21)25-11-18(22)20-15/h2-3,8,10,15-16H,4-7,9,11H2,1H3,(H,20,22)/t15-,16-/m0/s1. The Kier molecular flexibility index (Phi) is 4.21. The minimum Gasteiger partial charge on any atom is -0.464 e. The van der Waals surface area contributed by atoms with Crippen LogP contribution in [-0.2, 0) is 20.7 Å². The molecule has 2 atom stereocenters. The van der Waals surface area contributed by atoms with Gasteiger partial charge in [0.05, 0.1) is 24.8 Å². The van der Waals surface area contributed by atoms with Crippen molar-refractivity contribution in [2.45, 2.75) is 38.3 Å². The van der Waals surface area contributed by atoms with Gasteiger partial charge in [-0.2, -0.15) is 0 Å². The second kappa shape index (κ2) is 6.52. The maximum Gasteiger partial charge on any atom is 0.246 e. The molecule has 2 saturated heterocycles. The van der Waals surface area contributed by atoms with E-state index in [1.54, 1.807) is 6.26 Å². The van der Waals surface area contributed by atoms with Crippen molar-refractivity contribution >= 4 is 22.8 Å². The first-order valence-electron chi connectivity index (χ1n) is 8.75. The summed E-state index contributed by atoms with van der Waals surface area (Å²) in [5.41, 5.74) is 2.88. The summed E-state index contributed by atoms with van der Waals surface area (Å²) >= 11 is 0. The van der Waals surface area contributed by atoms with Crippen molar-refractivity contribution in [3.63, 3.8) is 0 Å². The lowest BCUT2D eigenvalue weighted by Crippen LogP contribution is -2.51. The van der Waals surface area contributed by atoms with E-state index in [1.807, 2.05) is 30.0 Å². The summed E-state index contributed by atoms with van der Waals surface area (Å²) in [5.74, 6) is 0.0226. The largest absolute Gasteiger partial charge is 0.464 e. The minimum absolute atomic E-state index is 0.00762. The van der Waals surface area contributed by atoms with Gasteiger partial charge in [-0.25, -0.2) is 0 Å². The van der Waals surface area contributed by atoms with Crippen LogP contribution in [0.3, 0.4) is 0 Å². The SMILES string of the molecule is Cc1ccc2c(CC(=O)N3CC[C@@H]4NC(=O)CO[C@H]4CC3)coc2c1. The van der Waals surface area contributed by atoms with E-state index in [1.165, 1.54) is 0 Å². The molecule has 0 unspecified atom stereocenters. The number of benzene rings is 1. The van der Waals surface area contributed by atoms with Crippen molar-refractivity contribution in [1.29, 1.82) is 0 Å². The highest BCUT2D eigenvalue weighted by molar-refractivity contribution is 5.88. The van der Waals surface area contributed by atoms with Crippen LogP contribution in [0.5, 0.6) is 0 Å². The van der Waals surface area contributed by atoms with E-state index in [2.05, 4.69) is 5.32 Å². The fraction of sp³-hybridized carbons (Fsp3) is 0.474. The molecule has 0 spiro atoms. The molecule has 6 nitrogen and oxygen atoms in total. The van der Waals surface area contributed by atoms with E-state index in [0.717, 1.165) is 34.9 Å². The number of likely N-dealkylation sites (tertiary alicyclic amines) is 1. The van der Waals surface area contributed by atoms with Crippen LogP contribution >= 0.6 is 0 Å². The van der Waals surface area contributed by atoms with Crippen molar-refractivity contribution in [3.8, 4) is 0 Å². The van der Waals surface area contributed by atoms with Gasteiger partial charge >= 0.3 is 0 Å². The fourth-order valence-corrected chi connectivity index (χ4v) is 3.72. The lowest BCUT2D eigenvalue weighted by atomic mass is 10.0. The zero-order chi connectivity index (χ0) is 17.4. The Morgan fingerprint density at radius 2 is 2.16 bits per heavy atom. The van der Waals surface area contributed by atoms with Crippen molar-refractivity contribution in [2.75, 3.05) is 19.7 Å². The van der Waals surface area contributed by atoms with Crippen molar-refractivity contribution in [2.24, 2.45) is 0 Å². The van der Waals surface area contributed by atoms with E-state index in [4.69, 9.17) is 9.15 Å². The quantitative estimate of drug-likeness (QED) is 0.903. The average Bonchev–Trinajstić information content (AvgIpc) is 2.85. The second-order valence-corrected chi connectivity index (χ2v) is 6.92. The molecule has 2 aliphatic heterocycles. The number of fused-ring (bicyclic) bond motifs is 2. The van der Waals surface area contributed by atoms with Gasteiger partial charge in [-0.3, -0.25) is 9.59 Å². The van der Waals surface area contributed by atoms with Crippen molar-refractivity contribution < 1.29 is 18.7 Å². The molecular formula is C19H22N2O4. The second-order valence-electron chi connectivity index (χ2n) is 6.92. The van der Waals surface area contributed by atoms with E-state index in [-0.39, 0.29) is 30.6 Å². The Bertz CT molecular complexity index is 813. The molecule has 1 N–H and O–H groups in total. The zero-order valence-electron chi connectivity index (χ0n) is 14.3. The number of furan rings is 1. The van der Waals surface area contributed by atoms with Gasteiger partial charge < -0.3 is 19.4 Å². The smallest absolute Gasteiger partial charge is 0.246 e. The van der Waals surface area contributed by atoms with Crippen LogP contribution in [0.4, 0.5) is 0 Å². The fourth-order valence-electron chi connectivity index (χ4n) is 3.72. The lowest BCUT2D eigenvalue weighted by Gasteiger charge is -2.30. The van der Waals surface area contributed by atoms with E-state index in [9.17, 15) is 9.59 Å². The maximum atomic E-state index is 12.8.